The van der Waals surface area contributed by atoms with Gasteiger partial charge in [0.1, 0.15) is 5.78 Å². The molecule has 1 aromatic rings. The minimum absolute atomic E-state index is 0.0498. The van der Waals surface area contributed by atoms with Crippen molar-refractivity contribution in [3.63, 3.8) is 0 Å². The lowest BCUT2D eigenvalue weighted by Crippen LogP contribution is -2.41. The highest BCUT2D eigenvalue weighted by molar-refractivity contribution is 5.90. The van der Waals surface area contributed by atoms with E-state index in [2.05, 4.69) is 44.2 Å². The van der Waals surface area contributed by atoms with Crippen molar-refractivity contribution >= 4 is 5.78 Å². The van der Waals surface area contributed by atoms with Gasteiger partial charge < -0.3 is 0 Å². The normalized spacial score (nSPS) is 34.2. The number of Topliss-reactive ketones (excluding diaryl/α,β-unsaturated/α-hetero) is 1. The Labute approximate surface area is 121 Å². The van der Waals surface area contributed by atoms with Crippen LogP contribution in [0.3, 0.4) is 0 Å². The average Bonchev–Trinajstić information content (AvgIpc) is 3.00. The Kier molecular flexibility index (Phi) is 2.52. The minimum atomic E-state index is -0.0498. The van der Waals surface area contributed by atoms with Gasteiger partial charge in [-0.15, -0.1) is 0 Å². The molecule has 0 heterocycles. The van der Waals surface area contributed by atoms with E-state index in [1.807, 2.05) is 0 Å². The van der Waals surface area contributed by atoms with Crippen molar-refractivity contribution in [3.05, 3.63) is 47.0 Å². The number of benzene rings is 1. The van der Waals surface area contributed by atoms with Gasteiger partial charge in [-0.05, 0) is 53.7 Å². The zero-order valence-electron chi connectivity index (χ0n) is 12.4. The molecule has 2 bridgehead atoms. The van der Waals surface area contributed by atoms with Crippen molar-refractivity contribution in [1.29, 1.82) is 0 Å². The summed E-state index contributed by atoms with van der Waals surface area (Å²) >= 11 is 0. The summed E-state index contributed by atoms with van der Waals surface area (Å²) < 4.78 is 0. The predicted molar refractivity (Wildman–Crippen MR) is 80.7 cm³/mol. The second-order valence-electron chi connectivity index (χ2n) is 7.31. The van der Waals surface area contributed by atoms with Crippen LogP contribution in [0.5, 0.6) is 0 Å². The molecule has 1 spiro atoms. The summed E-state index contributed by atoms with van der Waals surface area (Å²) in [5.41, 5.74) is 4.03. The first kappa shape index (κ1) is 12.4. The van der Waals surface area contributed by atoms with Crippen LogP contribution in [0.4, 0.5) is 0 Å². The number of carbonyl (C=O) groups is 1. The van der Waals surface area contributed by atoms with E-state index in [9.17, 15) is 4.79 Å². The Morgan fingerprint density at radius 2 is 2.05 bits per heavy atom. The lowest BCUT2D eigenvalue weighted by atomic mass is 9.63. The van der Waals surface area contributed by atoms with Gasteiger partial charge in [0.15, 0.2) is 0 Å². The van der Waals surface area contributed by atoms with Crippen LogP contribution >= 0.6 is 0 Å². The molecule has 1 heteroatoms. The number of fused-ring (bicyclic) bond motifs is 4. The van der Waals surface area contributed by atoms with Gasteiger partial charge in [-0.25, -0.2) is 0 Å². The SMILES string of the molecule is CC(C)c1ccc2c(c1)CC(=O)C1(C2)CC2C=CC1C2. The number of ketones is 1. The summed E-state index contributed by atoms with van der Waals surface area (Å²) in [6.07, 6.45) is 8.60. The topological polar surface area (TPSA) is 17.1 Å². The van der Waals surface area contributed by atoms with Crippen molar-refractivity contribution in [2.45, 2.75) is 45.4 Å². The van der Waals surface area contributed by atoms with E-state index in [1.54, 1.807) is 0 Å². The van der Waals surface area contributed by atoms with Gasteiger partial charge in [0, 0.05) is 11.8 Å². The molecule has 20 heavy (non-hydrogen) atoms. The van der Waals surface area contributed by atoms with Gasteiger partial charge >= 0.3 is 0 Å². The van der Waals surface area contributed by atoms with Crippen molar-refractivity contribution < 1.29 is 4.79 Å². The molecule has 1 fully saturated rings. The molecule has 1 saturated carbocycles. The number of hydrogen-bond acceptors (Lipinski definition) is 1. The Morgan fingerprint density at radius 3 is 2.70 bits per heavy atom. The van der Waals surface area contributed by atoms with Gasteiger partial charge in [-0.2, -0.15) is 0 Å². The highest BCUT2D eigenvalue weighted by Gasteiger charge is 2.54. The smallest absolute Gasteiger partial charge is 0.144 e. The molecule has 0 radical (unpaired) electrons. The largest absolute Gasteiger partial charge is 0.299 e. The molecule has 3 atom stereocenters. The number of rotatable bonds is 1. The molecule has 3 unspecified atom stereocenters. The van der Waals surface area contributed by atoms with Crippen LogP contribution in [0.25, 0.3) is 0 Å². The van der Waals surface area contributed by atoms with Crippen LogP contribution in [-0.4, -0.2) is 5.78 Å². The summed E-state index contributed by atoms with van der Waals surface area (Å²) in [5.74, 6) is 2.22. The third kappa shape index (κ3) is 1.58. The Balaban J connectivity index is 1.73. The van der Waals surface area contributed by atoms with Gasteiger partial charge in [0.05, 0.1) is 0 Å². The number of allylic oxidation sites excluding steroid dienone is 2. The molecule has 0 aliphatic heterocycles. The molecule has 1 aromatic carbocycles. The second kappa shape index (κ2) is 4.07. The lowest BCUT2D eigenvalue weighted by Gasteiger charge is -2.38. The maximum absolute atomic E-state index is 12.8. The zero-order valence-corrected chi connectivity index (χ0v) is 12.4. The fourth-order valence-electron chi connectivity index (χ4n) is 4.61. The van der Waals surface area contributed by atoms with Crippen LogP contribution in [0.15, 0.2) is 30.4 Å². The third-order valence-electron chi connectivity index (χ3n) is 5.82. The first-order chi connectivity index (χ1) is 9.58. The van der Waals surface area contributed by atoms with Crippen molar-refractivity contribution in [2.75, 3.05) is 0 Å². The lowest BCUT2D eigenvalue weighted by molar-refractivity contribution is -0.130. The van der Waals surface area contributed by atoms with E-state index in [0.29, 0.717) is 30.0 Å². The van der Waals surface area contributed by atoms with Gasteiger partial charge in [0.25, 0.3) is 0 Å². The standard InChI is InChI=1S/C19H22O/c1-12(2)14-4-5-15-11-19(18(20)9-16(15)8-14)10-13-3-6-17(19)7-13/h3-6,8,12-13,17H,7,9-11H2,1-2H3. The highest BCUT2D eigenvalue weighted by atomic mass is 16.1. The molecule has 3 aliphatic carbocycles. The summed E-state index contributed by atoms with van der Waals surface area (Å²) in [6, 6.07) is 6.82. The molecule has 0 aromatic heterocycles. The van der Waals surface area contributed by atoms with Gasteiger partial charge in [-0.1, -0.05) is 44.2 Å². The zero-order chi connectivity index (χ0) is 13.9. The first-order valence-electron chi connectivity index (χ1n) is 7.92. The van der Waals surface area contributed by atoms with Gasteiger partial charge in [0.2, 0.25) is 0 Å². The maximum atomic E-state index is 12.8. The van der Waals surface area contributed by atoms with Crippen molar-refractivity contribution in [2.24, 2.45) is 17.3 Å². The van der Waals surface area contributed by atoms with Crippen LogP contribution in [0, 0.1) is 17.3 Å². The molecule has 0 saturated heterocycles. The van der Waals surface area contributed by atoms with E-state index in [4.69, 9.17) is 0 Å². The minimum Gasteiger partial charge on any atom is -0.299 e. The van der Waals surface area contributed by atoms with Crippen molar-refractivity contribution in [1.82, 2.24) is 0 Å². The first-order valence-corrected chi connectivity index (χ1v) is 7.92. The second-order valence-corrected chi connectivity index (χ2v) is 7.31. The molecule has 4 rings (SSSR count). The van der Waals surface area contributed by atoms with Crippen LogP contribution in [-0.2, 0) is 17.6 Å². The molecular formula is C19H22O. The molecule has 0 amide bonds. The monoisotopic (exact) mass is 266 g/mol. The maximum Gasteiger partial charge on any atom is 0.144 e. The van der Waals surface area contributed by atoms with E-state index in [0.717, 1.165) is 12.8 Å². The van der Waals surface area contributed by atoms with Crippen LogP contribution < -0.4 is 0 Å². The Hall–Kier alpha value is -1.37. The fraction of sp³-hybridized carbons (Fsp3) is 0.526. The molecular weight excluding hydrogens is 244 g/mol. The van der Waals surface area contributed by atoms with Crippen LogP contribution in [0.2, 0.25) is 0 Å². The van der Waals surface area contributed by atoms with E-state index in [-0.39, 0.29) is 5.41 Å². The highest BCUT2D eigenvalue weighted by Crippen LogP contribution is 2.56. The fourth-order valence-corrected chi connectivity index (χ4v) is 4.61. The Morgan fingerprint density at radius 1 is 1.20 bits per heavy atom. The quantitative estimate of drug-likeness (QED) is 0.701. The Bertz CT molecular complexity index is 610. The van der Waals surface area contributed by atoms with E-state index in [1.165, 1.54) is 23.1 Å². The number of carbonyl (C=O) groups excluding carboxylic acids is 1. The van der Waals surface area contributed by atoms with Crippen molar-refractivity contribution in [3.8, 4) is 0 Å². The summed E-state index contributed by atoms with van der Waals surface area (Å²) in [4.78, 5) is 12.8. The summed E-state index contributed by atoms with van der Waals surface area (Å²) in [7, 11) is 0. The number of hydrogen-bond donors (Lipinski definition) is 0. The van der Waals surface area contributed by atoms with Crippen LogP contribution in [0.1, 0.15) is 49.3 Å². The molecule has 0 N–H and O–H groups in total. The van der Waals surface area contributed by atoms with Gasteiger partial charge in [-0.3, -0.25) is 4.79 Å². The van der Waals surface area contributed by atoms with E-state index >= 15 is 0 Å². The summed E-state index contributed by atoms with van der Waals surface area (Å²) in [6.45, 7) is 4.43. The predicted octanol–water partition coefficient (Wildman–Crippen LogP) is 4.06. The summed E-state index contributed by atoms with van der Waals surface area (Å²) in [5, 5.41) is 0. The average molecular weight is 266 g/mol. The molecule has 3 aliphatic rings. The molecule has 104 valence electrons. The van der Waals surface area contributed by atoms with E-state index < -0.39 is 0 Å². The molecule has 1 nitrogen and oxygen atoms in total. The third-order valence-corrected chi connectivity index (χ3v) is 5.82.